The van der Waals surface area contributed by atoms with Gasteiger partial charge in [0, 0.05) is 32.9 Å². The van der Waals surface area contributed by atoms with Crippen LogP contribution in [0.4, 0.5) is 4.79 Å². The summed E-state index contributed by atoms with van der Waals surface area (Å²) in [5, 5.41) is 8.59. The van der Waals surface area contributed by atoms with Crippen LogP contribution in [0.3, 0.4) is 0 Å². The van der Waals surface area contributed by atoms with Gasteiger partial charge < -0.3 is 16.0 Å². The maximum atomic E-state index is 11.6. The van der Waals surface area contributed by atoms with E-state index in [1.165, 1.54) is 6.26 Å². The summed E-state index contributed by atoms with van der Waals surface area (Å²) in [5.41, 5.74) is 1.60. The third-order valence-corrected chi connectivity index (χ3v) is 5.14. The summed E-state index contributed by atoms with van der Waals surface area (Å²) in [6.45, 7) is 2.85. The number of carbonyl (C=O) groups is 2. The van der Waals surface area contributed by atoms with Gasteiger partial charge in [-0.1, -0.05) is 12.1 Å². The molecule has 0 aromatic heterocycles. The fraction of sp³-hybridized carbons (Fsp3) is 0.438. The van der Waals surface area contributed by atoms with Crippen LogP contribution in [0.25, 0.3) is 0 Å². The number of hydrogen-bond donors (Lipinski definition) is 3. The van der Waals surface area contributed by atoms with Crippen LogP contribution in [0.5, 0.6) is 0 Å². The van der Waals surface area contributed by atoms with Crippen molar-refractivity contribution < 1.29 is 18.0 Å². The minimum absolute atomic E-state index is 0.0363. The zero-order chi connectivity index (χ0) is 19.3. The molecule has 1 aromatic carbocycles. The van der Waals surface area contributed by atoms with E-state index in [9.17, 15) is 18.0 Å². The molecule has 142 valence electrons. The van der Waals surface area contributed by atoms with Gasteiger partial charge in [-0.3, -0.25) is 14.7 Å². The minimum atomic E-state index is -3.24. The minimum Gasteiger partial charge on any atom is -0.355 e. The summed E-state index contributed by atoms with van der Waals surface area (Å²) in [6, 6.07) is 4.76. The monoisotopic (exact) mass is 381 g/mol. The molecule has 0 bridgehead atoms. The quantitative estimate of drug-likeness (QED) is 0.351. The Morgan fingerprint density at radius 3 is 2.58 bits per heavy atom. The molecule has 1 aromatic rings. The van der Waals surface area contributed by atoms with Crippen molar-refractivity contribution in [2.75, 3.05) is 32.9 Å². The van der Waals surface area contributed by atoms with Crippen molar-refractivity contribution >= 4 is 27.7 Å². The van der Waals surface area contributed by atoms with Gasteiger partial charge in [-0.2, -0.15) is 0 Å². The fourth-order valence-corrected chi connectivity index (χ4v) is 3.57. The average Bonchev–Trinajstić information content (AvgIpc) is 2.88. The van der Waals surface area contributed by atoms with E-state index in [0.717, 1.165) is 10.5 Å². The van der Waals surface area contributed by atoms with Crippen LogP contribution in [0.1, 0.15) is 11.1 Å². The Morgan fingerprint density at radius 2 is 2.04 bits per heavy atom. The summed E-state index contributed by atoms with van der Waals surface area (Å²) in [5.74, 6) is 0.267. The normalized spacial score (nSPS) is 15.2. The zero-order valence-electron chi connectivity index (χ0n) is 15.0. The highest BCUT2D eigenvalue weighted by molar-refractivity contribution is 7.90. The van der Waals surface area contributed by atoms with Crippen LogP contribution >= 0.6 is 0 Å². The Morgan fingerprint density at radius 1 is 1.31 bits per heavy atom. The molecule has 1 saturated heterocycles. The van der Waals surface area contributed by atoms with Gasteiger partial charge in [-0.15, -0.1) is 0 Å². The molecule has 1 aliphatic heterocycles. The molecule has 3 N–H and O–H groups in total. The van der Waals surface area contributed by atoms with Crippen molar-refractivity contribution in [2.45, 2.75) is 18.4 Å². The van der Waals surface area contributed by atoms with Crippen LogP contribution in [-0.4, -0.2) is 64.2 Å². The van der Waals surface area contributed by atoms with E-state index in [2.05, 4.69) is 20.9 Å². The van der Waals surface area contributed by atoms with Gasteiger partial charge in [0.2, 0.25) is 5.91 Å². The molecular weight excluding hydrogens is 358 g/mol. The molecular formula is C16H23N5O4S. The molecule has 1 aliphatic rings. The molecule has 1 heterocycles. The number of imide groups is 1. The molecule has 1 fully saturated rings. The number of urea groups is 1. The second kappa shape index (κ2) is 8.17. The maximum Gasteiger partial charge on any atom is 0.324 e. The summed E-state index contributed by atoms with van der Waals surface area (Å²) in [6.07, 6.45) is 1.18. The predicted molar refractivity (Wildman–Crippen MR) is 97.6 cm³/mol. The lowest BCUT2D eigenvalue weighted by Gasteiger charge is -2.16. The number of benzene rings is 1. The van der Waals surface area contributed by atoms with Crippen molar-refractivity contribution in [2.24, 2.45) is 4.99 Å². The summed E-state index contributed by atoms with van der Waals surface area (Å²) in [7, 11) is -1.62. The van der Waals surface area contributed by atoms with Gasteiger partial charge >= 0.3 is 6.03 Å². The van der Waals surface area contributed by atoms with Crippen molar-refractivity contribution in [3.05, 3.63) is 29.3 Å². The first kappa shape index (κ1) is 19.7. The molecule has 0 saturated carbocycles. The van der Waals surface area contributed by atoms with Crippen molar-refractivity contribution in [1.29, 1.82) is 0 Å². The molecule has 0 unspecified atom stereocenters. The van der Waals surface area contributed by atoms with E-state index in [4.69, 9.17) is 0 Å². The molecule has 10 heteroatoms. The first-order valence-corrected chi connectivity index (χ1v) is 9.94. The van der Waals surface area contributed by atoms with Crippen LogP contribution in [0.2, 0.25) is 0 Å². The molecule has 26 heavy (non-hydrogen) atoms. The van der Waals surface area contributed by atoms with Crippen LogP contribution < -0.4 is 16.0 Å². The molecule has 0 aliphatic carbocycles. The first-order chi connectivity index (χ1) is 12.2. The van der Waals surface area contributed by atoms with E-state index in [0.29, 0.717) is 29.5 Å². The lowest BCUT2D eigenvalue weighted by molar-refractivity contribution is -0.124. The van der Waals surface area contributed by atoms with Crippen LogP contribution in [-0.2, 0) is 21.2 Å². The summed E-state index contributed by atoms with van der Waals surface area (Å²) >= 11 is 0. The average molecular weight is 381 g/mol. The molecule has 2 rings (SSSR count). The lowest BCUT2D eigenvalue weighted by atomic mass is 10.1. The number of guanidine groups is 1. The Labute approximate surface area is 152 Å². The number of rotatable bonds is 6. The van der Waals surface area contributed by atoms with Gasteiger partial charge in [-0.25, -0.2) is 13.2 Å². The standard InChI is InChI=1S/C16H23N5O4S/c1-11-8-12(4-5-13(11)26(3,24)25)9-19-15(17-2)18-6-7-21-14(22)10-20-16(21)23/h4-5,8H,6-7,9-10H2,1-3H3,(H,20,23)(H2,17,18,19). The smallest absolute Gasteiger partial charge is 0.324 e. The molecule has 3 amide bonds. The van der Waals surface area contributed by atoms with Crippen LogP contribution in [0, 0.1) is 6.92 Å². The number of aryl methyl sites for hydroxylation is 1. The second-order valence-electron chi connectivity index (χ2n) is 5.93. The van der Waals surface area contributed by atoms with E-state index >= 15 is 0 Å². The van der Waals surface area contributed by atoms with E-state index in [1.54, 1.807) is 26.1 Å². The predicted octanol–water partition coefficient (Wildman–Crippen LogP) is -0.385. The number of aliphatic imine (C=N–C) groups is 1. The van der Waals surface area contributed by atoms with Crippen molar-refractivity contribution in [3.8, 4) is 0 Å². The Kier molecular flexibility index (Phi) is 6.19. The zero-order valence-corrected chi connectivity index (χ0v) is 15.8. The van der Waals surface area contributed by atoms with Gasteiger partial charge in [0.1, 0.15) is 0 Å². The van der Waals surface area contributed by atoms with Gasteiger partial charge in [-0.05, 0) is 24.1 Å². The molecule has 0 radical (unpaired) electrons. The first-order valence-electron chi connectivity index (χ1n) is 8.04. The Balaban J connectivity index is 1.86. The third-order valence-electron chi connectivity index (χ3n) is 3.89. The highest BCUT2D eigenvalue weighted by Crippen LogP contribution is 2.16. The third kappa shape index (κ3) is 4.94. The van der Waals surface area contributed by atoms with Crippen molar-refractivity contribution in [1.82, 2.24) is 20.9 Å². The van der Waals surface area contributed by atoms with Crippen molar-refractivity contribution in [3.63, 3.8) is 0 Å². The topological polar surface area (TPSA) is 120 Å². The molecule has 0 spiro atoms. The van der Waals surface area contributed by atoms with Gasteiger partial charge in [0.05, 0.1) is 11.4 Å². The molecule has 0 atom stereocenters. The highest BCUT2D eigenvalue weighted by atomic mass is 32.2. The van der Waals surface area contributed by atoms with Gasteiger partial charge in [0.15, 0.2) is 15.8 Å². The fourth-order valence-electron chi connectivity index (χ4n) is 2.61. The Bertz CT molecular complexity index is 819. The second-order valence-corrected chi connectivity index (χ2v) is 7.91. The van der Waals surface area contributed by atoms with Gasteiger partial charge in [0.25, 0.3) is 0 Å². The number of nitrogens with one attached hydrogen (secondary N) is 3. The van der Waals surface area contributed by atoms with Crippen LogP contribution in [0.15, 0.2) is 28.1 Å². The summed E-state index contributed by atoms with van der Waals surface area (Å²) < 4.78 is 23.3. The number of nitrogens with zero attached hydrogens (tertiary/aromatic N) is 2. The largest absolute Gasteiger partial charge is 0.355 e. The van der Waals surface area contributed by atoms with E-state index < -0.39 is 9.84 Å². The SMILES string of the molecule is CN=C(NCCN1C(=O)CNC1=O)NCc1ccc(S(C)(=O)=O)c(C)c1. The number of amides is 3. The number of carbonyl (C=O) groups excluding carboxylic acids is 2. The lowest BCUT2D eigenvalue weighted by Crippen LogP contribution is -2.43. The number of hydrogen-bond acceptors (Lipinski definition) is 5. The maximum absolute atomic E-state index is 11.6. The van der Waals surface area contributed by atoms with E-state index in [1.807, 2.05) is 6.07 Å². The van der Waals surface area contributed by atoms with E-state index in [-0.39, 0.29) is 25.0 Å². The Hall–Kier alpha value is -2.62. The highest BCUT2D eigenvalue weighted by Gasteiger charge is 2.27. The molecule has 9 nitrogen and oxygen atoms in total. The number of sulfone groups is 1. The summed E-state index contributed by atoms with van der Waals surface area (Å²) in [4.78, 5) is 28.5.